The Morgan fingerprint density at radius 2 is 2.00 bits per heavy atom. The van der Waals surface area contributed by atoms with Crippen molar-refractivity contribution in [1.82, 2.24) is 14.5 Å². The van der Waals surface area contributed by atoms with Crippen LogP contribution in [0.25, 0.3) is 11.0 Å². The second-order valence-electron chi connectivity index (χ2n) is 7.34. The van der Waals surface area contributed by atoms with Gasteiger partial charge in [-0.05, 0) is 44.1 Å². The summed E-state index contributed by atoms with van der Waals surface area (Å²) < 4.78 is 7.31. The van der Waals surface area contributed by atoms with Gasteiger partial charge in [0, 0.05) is 43.4 Å². The first-order chi connectivity index (χ1) is 12.2. The fraction of sp³-hybridized carbons (Fsp3) is 0.632. The van der Waals surface area contributed by atoms with Crippen molar-refractivity contribution in [2.24, 2.45) is 5.92 Å². The molecule has 6 nitrogen and oxygen atoms in total. The fourth-order valence-corrected chi connectivity index (χ4v) is 4.06. The maximum atomic E-state index is 12.6. The van der Waals surface area contributed by atoms with Gasteiger partial charge in [-0.3, -0.25) is 9.36 Å². The minimum Gasteiger partial charge on any atom is -0.381 e. The smallest absolute Gasteiger partial charge is 0.252 e. The van der Waals surface area contributed by atoms with Gasteiger partial charge < -0.3 is 10.1 Å². The maximum Gasteiger partial charge on any atom is 0.252 e. The zero-order valence-electron chi connectivity index (χ0n) is 14.8. The van der Waals surface area contributed by atoms with Crippen molar-refractivity contribution in [2.75, 3.05) is 25.1 Å². The number of nitrogens with zero attached hydrogens (tertiary/aromatic N) is 3. The molecule has 2 aromatic heterocycles. The highest BCUT2D eigenvalue weighted by Gasteiger charge is 2.22. The number of anilines is 1. The summed E-state index contributed by atoms with van der Waals surface area (Å²) in [4.78, 5) is 21.8. The van der Waals surface area contributed by atoms with Crippen molar-refractivity contribution in [2.45, 2.75) is 51.5 Å². The molecule has 1 aliphatic heterocycles. The SMILES string of the molecule is Cc1cc(=O)n(C2CCCC2)c2nc(NCC3CCOCC3)ncc12. The molecule has 0 radical (unpaired) electrons. The highest BCUT2D eigenvalue weighted by Crippen LogP contribution is 2.31. The van der Waals surface area contributed by atoms with Crippen molar-refractivity contribution in [1.29, 1.82) is 0 Å². The van der Waals surface area contributed by atoms with Crippen molar-refractivity contribution in [3.8, 4) is 0 Å². The summed E-state index contributed by atoms with van der Waals surface area (Å²) in [6.45, 7) is 4.49. The Kier molecular flexibility index (Phi) is 4.70. The first-order valence-corrected chi connectivity index (χ1v) is 9.43. The minimum absolute atomic E-state index is 0.0611. The van der Waals surface area contributed by atoms with Gasteiger partial charge in [0.15, 0.2) is 0 Å². The highest BCUT2D eigenvalue weighted by atomic mass is 16.5. The van der Waals surface area contributed by atoms with Gasteiger partial charge in [0.05, 0.1) is 0 Å². The van der Waals surface area contributed by atoms with E-state index >= 15 is 0 Å². The van der Waals surface area contributed by atoms with E-state index < -0.39 is 0 Å². The number of aromatic nitrogens is 3. The molecular formula is C19H26N4O2. The predicted octanol–water partition coefficient (Wildman–Crippen LogP) is 3.05. The molecule has 6 heteroatoms. The van der Waals surface area contributed by atoms with Gasteiger partial charge in [-0.1, -0.05) is 12.8 Å². The number of hydrogen-bond acceptors (Lipinski definition) is 5. The third kappa shape index (κ3) is 3.40. The second-order valence-corrected chi connectivity index (χ2v) is 7.34. The molecule has 0 amide bonds. The average molecular weight is 342 g/mol. The molecule has 25 heavy (non-hydrogen) atoms. The third-order valence-corrected chi connectivity index (χ3v) is 5.58. The summed E-state index contributed by atoms with van der Waals surface area (Å²) >= 11 is 0. The van der Waals surface area contributed by atoms with E-state index in [2.05, 4.69) is 10.3 Å². The lowest BCUT2D eigenvalue weighted by atomic mass is 10.0. The summed E-state index contributed by atoms with van der Waals surface area (Å²) in [6, 6.07) is 1.99. The minimum atomic E-state index is 0.0611. The molecule has 2 aliphatic rings. The Bertz CT molecular complexity index is 805. The molecule has 1 saturated heterocycles. The maximum absolute atomic E-state index is 12.6. The molecule has 0 bridgehead atoms. The molecule has 4 rings (SSSR count). The molecule has 3 heterocycles. The quantitative estimate of drug-likeness (QED) is 0.925. The standard InChI is InChI=1S/C19H26N4O2/c1-13-10-17(24)23(15-4-2-3-5-15)18-16(13)12-21-19(22-18)20-11-14-6-8-25-9-7-14/h10,12,14-15H,2-9,11H2,1H3,(H,20,21,22). The Balaban J connectivity index is 1.65. The van der Waals surface area contributed by atoms with E-state index in [0.717, 1.165) is 62.0 Å². The molecule has 0 atom stereocenters. The van der Waals surface area contributed by atoms with Crippen LogP contribution >= 0.6 is 0 Å². The topological polar surface area (TPSA) is 69.0 Å². The van der Waals surface area contributed by atoms with Gasteiger partial charge in [0.2, 0.25) is 5.95 Å². The van der Waals surface area contributed by atoms with Crippen LogP contribution in [0, 0.1) is 12.8 Å². The van der Waals surface area contributed by atoms with E-state index in [-0.39, 0.29) is 11.6 Å². The zero-order chi connectivity index (χ0) is 17.2. The van der Waals surface area contributed by atoms with Crippen LogP contribution in [0.5, 0.6) is 0 Å². The molecule has 0 aromatic carbocycles. The molecule has 1 saturated carbocycles. The van der Waals surface area contributed by atoms with Gasteiger partial charge in [-0.2, -0.15) is 4.98 Å². The Morgan fingerprint density at radius 3 is 2.76 bits per heavy atom. The molecule has 0 spiro atoms. The molecule has 2 fully saturated rings. The van der Waals surface area contributed by atoms with E-state index in [1.807, 2.05) is 17.7 Å². The normalized spacial score (nSPS) is 19.6. The summed E-state index contributed by atoms with van der Waals surface area (Å²) in [5.74, 6) is 1.22. The van der Waals surface area contributed by atoms with Crippen molar-refractivity contribution >= 4 is 17.0 Å². The third-order valence-electron chi connectivity index (χ3n) is 5.58. The summed E-state index contributed by atoms with van der Waals surface area (Å²) in [5.41, 5.74) is 1.79. The summed E-state index contributed by atoms with van der Waals surface area (Å²) in [6.07, 6.45) is 8.51. The van der Waals surface area contributed by atoms with Gasteiger partial charge in [-0.15, -0.1) is 0 Å². The Morgan fingerprint density at radius 1 is 1.24 bits per heavy atom. The lowest BCUT2D eigenvalue weighted by Gasteiger charge is -2.22. The van der Waals surface area contributed by atoms with Gasteiger partial charge in [0.25, 0.3) is 5.56 Å². The van der Waals surface area contributed by atoms with Crippen LogP contribution in [-0.4, -0.2) is 34.3 Å². The van der Waals surface area contributed by atoms with Crippen LogP contribution < -0.4 is 10.9 Å². The van der Waals surface area contributed by atoms with E-state index in [0.29, 0.717) is 11.9 Å². The Labute approximate surface area is 147 Å². The number of ether oxygens (including phenoxy) is 1. The lowest BCUT2D eigenvalue weighted by molar-refractivity contribution is 0.0699. The Hall–Kier alpha value is -1.95. The average Bonchev–Trinajstić information content (AvgIpc) is 3.15. The molecule has 1 aliphatic carbocycles. The van der Waals surface area contributed by atoms with Crippen LogP contribution in [-0.2, 0) is 4.74 Å². The second kappa shape index (κ2) is 7.12. The molecular weight excluding hydrogens is 316 g/mol. The van der Waals surface area contributed by atoms with Crippen LogP contribution in [0.15, 0.2) is 17.1 Å². The molecule has 0 unspecified atom stereocenters. The number of aryl methyl sites for hydroxylation is 1. The summed E-state index contributed by atoms with van der Waals surface area (Å²) in [5, 5.41) is 4.35. The monoisotopic (exact) mass is 342 g/mol. The van der Waals surface area contributed by atoms with Crippen LogP contribution in [0.4, 0.5) is 5.95 Å². The van der Waals surface area contributed by atoms with E-state index in [9.17, 15) is 4.79 Å². The van der Waals surface area contributed by atoms with E-state index in [1.54, 1.807) is 6.07 Å². The number of fused-ring (bicyclic) bond motifs is 1. The van der Waals surface area contributed by atoms with Gasteiger partial charge in [0.1, 0.15) is 5.65 Å². The van der Waals surface area contributed by atoms with Crippen LogP contribution in [0.2, 0.25) is 0 Å². The molecule has 1 N–H and O–H groups in total. The van der Waals surface area contributed by atoms with Crippen LogP contribution in [0.1, 0.15) is 50.1 Å². The number of rotatable bonds is 4. The van der Waals surface area contributed by atoms with Crippen LogP contribution in [0.3, 0.4) is 0 Å². The van der Waals surface area contributed by atoms with E-state index in [1.165, 1.54) is 12.8 Å². The van der Waals surface area contributed by atoms with Crippen molar-refractivity contribution in [3.63, 3.8) is 0 Å². The molecule has 2 aromatic rings. The van der Waals surface area contributed by atoms with Gasteiger partial charge >= 0.3 is 0 Å². The van der Waals surface area contributed by atoms with Gasteiger partial charge in [-0.25, -0.2) is 4.98 Å². The number of pyridine rings is 1. The first kappa shape index (κ1) is 16.5. The van der Waals surface area contributed by atoms with Crippen molar-refractivity contribution < 1.29 is 4.74 Å². The number of hydrogen-bond donors (Lipinski definition) is 1. The molecule has 134 valence electrons. The van der Waals surface area contributed by atoms with E-state index in [4.69, 9.17) is 9.72 Å². The summed E-state index contributed by atoms with van der Waals surface area (Å²) in [7, 11) is 0. The first-order valence-electron chi connectivity index (χ1n) is 9.43. The highest BCUT2D eigenvalue weighted by molar-refractivity contribution is 5.79. The predicted molar refractivity (Wildman–Crippen MR) is 98.1 cm³/mol. The fourth-order valence-electron chi connectivity index (χ4n) is 4.06. The lowest BCUT2D eigenvalue weighted by Crippen LogP contribution is -2.26. The number of nitrogens with one attached hydrogen (secondary N) is 1. The van der Waals surface area contributed by atoms with Crippen molar-refractivity contribution in [3.05, 3.63) is 28.2 Å². The zero-order valence-corrected chi connectivity index (χ0v) is 14.8. The largest absolute Gasteiger partial charge is 0.381 e.